The molecule has 1 amide bonds. The molecule has 0 aromatic heterocycles. The molecule has 0 spiro atoms. The van der Waals surface area contributed by atoms with Gasteiger partial charge in [-0.25, -0.2) is 0 Å². The van der Waals surface area contributed by atoms with Crippen LogP contribution >= 0.6 is 0 Å². The quantitative estimate of drug-likeness (QED) is 0.538. The number of anilines is 2. The summed E-state index contributed by atoms with van der Waals surface area (Å²) >= 11 is 0. The average molecular weight is 411 g/mol. The van der Waals surface area contributed by atoms with Crippen LogP contribution in [-0.2, 0) is 4.79 Å². The van der Waals surface area contributed by atoms with Gasteiger partial charge in [0.2, 0.25) is 5.91 Å². The predicted octanol–water partition coefficient (Wildman–Crippen LogP) is 4.46. The van der Waals surface area contributed by atoms with Gasteiger partial charge in [-0.2, -0.15) is 0 Å². The summed E-state index contributed by atoms with van der Waals surface area (Å²) in [6.07, 6.45) is 0.572. The third kappa shape index (κ3) is 5.28. The molecule has 1 heterocycles. The first-order chi connectivity index (χ1) is 14.3. The standard InChI is InChI=1S/C23H30N4O3/c1-17(2)15-23(28)26-13-11-25(12-14-26)20-9-10-22(27(29)30)21(16-20)24-18(3)19-7-5-4-6-8-19/h4-10,16-18,24H,11-15H2,1-3H3. The van der Waals surface area contributed by atoms with Crippen molar-refractivity contribution in [2.24, 2.45) is 5.92 Å². The number of nitrogens with one attached hydrogen (secondary N) is 1. The number of piperazine rings is 1. The lowest BCUT2D eigenvalue weighted by Gasteiger charge is -2.36. The van der Waals surface area contributed by atoms with Crippen LogP contribution < -0.4 is 10.2 Å². The summed E-state index contributed by atoms with van der Waals surface area (Å²) in [6.45, 7) is 8.87. The van der Waals surface area contributed by atoms with Crippen LogP contribution in [0.4, 0.5) is 17.1 Å². The number of carbonyl (C=O) groups is 1. The first kappa shape index (κ1) is 21.6. The molecule has 160 valence electrons. The minimum Gasteiger partial charge on any atom is -0.373 e. The van der Waals surface area contributed by atoms with E-state index in [-0.39, 0.29) is 22.6 Å². The van der Waals surface area contributed by atoms with Gasteiger partial charge in [-0.1, -0.05) is 44.2 Å². The van der Waals surface area contributed by atoms with E-state index in [9.17, 15) is 14.9 Å². The van der Waals surface area contributed by atoms with Crippen molar-refractivity contribution in [3.8, 4) is 0 Å². The lowest BCUT2D eigenvalue weighted by atomic mass is 10.1. The highest BCUT2D eigenvalue weighted by Gasteiger charge is 2.24. The van der Waals surface area contributed by atoms with Crippen molar-refractivity contribution in [1.29, 1.82) is 0 Å². The Morgan fingerprint density at radius 1 is 1.07 bits per heavy atom. The number of hydrogen-bond acceptors (Lipinski definition) is 5. The molecule has 3 rings (SSSR count). The Kier molecular flexibility index (Phi) is 6.92. The highest BCUT2D eigenvalue weighted by Crippen LogP contribution is 2.32. The van der Waals surface area contributed by atoms with Crippen LogP contribution in [0, 0.1) is 16.0 Å². The van der Waals surface area contributed by atoms with Crippen LogP contribution in [0.1, 0.15) is 38.8 Å². The van der Waals surface area contributed by atoms with E-state index in [1.54, 1.807) is 12.1 Å². The van der Waals surface area contributed by atoms with Gasteiger partial charge in [-0.3, -0.25) is 14.9 Å². The van der Waals surface area contributed by atoms with Crippen molar-refractivity contribution in [3.63, 3.8) is 0 Å². The van der Waals surface area contributed by atoms with Gasteiger partial charge >= 0.3 is 0 Å². The SMILES string of the molecule is CC(C)CC(=O)N1CCN(c2ccc([N+](=O)[O-])c(NC(C)c3ccccc3)c2)CC1. The van der Waals surface area contributed by atoms with Crippen LogP contribution in [0.5, 0.6) is 0 Å². The summed E-state index contributed by atoms with van der Waals surface area (Å²) in [5, 5.41) is 14.8. The maximum absolute atomic E-state index is 12.3. The molecule has 1 saturated heterocycles. The lowest BCUT2D eigenvalue weighted by Crippen LogP contribution is -2.49. The monoisotopic (exact) mass is 410 g/mol. The Balaban J connectivity index is 1.73. The van der Waals surface area contributed by atoms with Gasteiger partial charge in [0.15, 0.2) is 0 Å². The third-order valence-corrected chi connectivity index (χ3v) is 5.43. The zero-order valence-electron chi connectivity index (χ0n) is 17.9. The molecule has 0 saturated carbocycles. The van der Waals surface area contributed by atoms with Crippen LogP contribution in [0.25, 0.3) is 0 Å². The molecular formula is C23H30N4O3. The fraction of sp³-hybridized carbons (Fsp3) is 0.435. The molecule has 1 aliphatic heterocycles. The first-order valence-corrected chi connectivity index (χ1v) is 10.5. The van der Waals surface area contributed by atoms with E-state index < -0.39 is 0 Å². The van der Waals surface area contributed by atoms with E-state index in [4.69, 9.17) is 0 Å². The smallest absolute Gasteiger partial charge is 0.292 e. The van der Waals surface area contributed by atoms with Gasteiger partial charge in [0.05, 0.1) is 4.92 Å². The number of nitrogens with zero attached hydrogens (tertiary/aromatic N) is 3. The van der Waals surface area contributed by atoms with Gasteiger partial charge in [-0.05, 0) is 30.5 Å². The van der Waals surface area contributed by atoms with E-state index in [1.165, 1.54) is 0 Å². The van der Waals surface area contributed by atoms with Gasteiger partial charge in [0, 0.05) is 50.4 Å². The molecule has 7 nitrogen and oxygen atoms in total. The Morgan fingerprint density at radius 2 is 1.73 bits per heavy atom. The van der Waals surface area contributed by atoms with Gasteiger partial charge < -0.3 is 15.1 Å². The fourth-order valence-electron chi connectivity index (χ4n) is 3.75. The van der Waals surface area contributed by atoms with Crippen molar-refractivity contribution in [2.45, 2.75) is 33.2 Å². The Bertz CT molecular complexity index is 877. The van der Waals surface area contributed by atoms with E-state index in [2.05, 4.69) is 24.1 Å². The predicted molar refractivity (Wildman–Crippen MR) is 120 cm³/mol. The van der Waals surface area contributed by atoms with E-state index >= 15 is 0 Å². The zero-order valence-corrected chi connectivity index (χ0v) is 17.9. The Labute approximate surface area is 177 Å². The number of hydrogen-bond donors (Lipinski definition) is 1. The maximum atomic E-state index is 12.3. The minimum atomic E-state index is -0.355. The molecule has 0 aliphatic carbocycles. The molecule has 30 heavy (non-hydrogen) atoms. The van der Waals surface area contributed by atoms with Crippen molar-refractivity contribution in [2.75, 3.05) is 36.4 Å². The van der Waals surface area contributed by atoms with Crippen LogP contribution in [0.15, 0.2) is 48.5 Å². The second kappa shape index (κ2) is 9.61. The molecule has 1 N–H and O–H groups in total. The second-order valence-electron chi connectivity index (χ2n) is 8.20. The first-order valence-electron chi connectivity index (χ1n) is 10.5. The average Bonchev–Trinajstić information content (AvgIpc) is 2.73. The van der Waals surface area contributed by atoms with Gasteiger partial charge in [-0.15, -0.1) is 0 Å². The molecule has 1 unspecified atom stereocenters. The van der Waals surface area contributed by atoms with Crippen molar-refractivity contribution in [3.05, 3.63) is 64.2 Å². The molecular weight excluding hydrogens is 380 g/mol. The molecule has 1 fully saturated rings. The van der Waals surface area contributed by atoms with Crippen LogP contribution in [0.2, 0.25) is 0 Å². The highest BCUT2D eigenvalue weighted by atomic mass is 16.6. The normalized spacial score (nSPS) is 15.2. The Hall–Kier alpha value is -3.09. The van der Waals surface area contributed by atoms with Crippen molar-refractivity contribution < 1.29 is 9.72 Å². The number of carbonyl (C=O) groups excluding carboxylic acids is 1. The summed E-state index contributed by atoms with van der Waals surface area (Å²) in [6, 6.07) is 15.0. The number of amides is 1. The zero-order chi connectivity index (χ0) is 21.7. The van der Waals surface area contributed by atoms with E-state index in [0.717, 1.165) is 24.3 Å². The molecule has 2 aromatic carbocycles. The Morgan fingerprint density at radius 3 is 2.33 bits per heavy atom. The molecule has 0 bridgehead atoms. The van der Waals surface area contributed by atoms with E-state index in [0.29, 0.717) is 31.1 Å². The van der Waals surface area contributed by atoms with Crippen LogP contribution in [0.3, 0.4) is 0 Å². The summed E-state index contributed by atoms with van der Waals surface area (Å²) in [5.41, 5.74) is 2.56. The number of nitro groups is 1. The molecule has 1 aliphatic rings. The largest absolute Gasteiger partial charge is 0.373 e. The van der Waals surface area contributed by atoms with Gasteiger partial charge in [0.1, 0.15) is 5.69 Å². The highest BCUT2D eigenvalue weighted by molar-refractivity contribution is 5.77. The molecule has 1 atom stereocenters. The summed E-state index contributed by atoms with van der Waals surface area (Å²) < 4.78 is 0. The third-order valence-electron chi connectivity index (χ3n) is 5.43. The molecule has 7 heteroatoms. The van der Waals surface area contributed by atoms with Crippen molar-refractivity contribution >= 4 is 23.0 Å². The maximum Gasteiger partial charge on any atom is 0.292 e. The number of rotatable bonds is 7. The number of benzene rings is 2. The summed E-state index contributed by atoms with van der Waals surface area (Å²) in [5.74, 6) is 0.554. The minimum absolute atomic E-state index is 0.0623. The summed E-state index contributed by atoms with van der Waals surface area (Å²) in [7, 11) is 0. The second-order valence-corrected chi connectivity index (χ2v) is 8.20. The molecule has 0 radical (unpaired) electrons. The fourth-order valence-corrected chi connectivity index (χ4v) is 3.75. The molecule has 2 aromatic rings. The van der Waals surface area contributed by atoms with Gasteiger partial charge in [0.25, 0.3) is 5.69 Å². The topological polar surface area (TPSA) is 78.7 Å². The van der Waals surface area contributed by atoms with E-state index in [1.807, 2.05) is 48.2 Å². The lowest BCUT2D eigenvalue weighted by molar-refractivity contribution is -0.384. The van der Waals surface area contributed by atoms with Crippen molar-refractivity contribution in [1.82, 2.24) is 4.90 Å². The number of nitro benzene ring substituents is 1. The van der Waals surface area contributed by atoms with Crippen LogP contribution in [-0.4, -0.2) is 41.9 Å². The summed E-state index contributed by atoms with van der Waals surface area (Å²) in [4.78, 5) is 27.6.